The molecule has 1 N–H and O–H groups in total. The first-order chi connectivity index (χ1) is 14.3. The minimum Gasteiger partial charge on any atom is -0.367 e. The summed E-state index contributed by atoms with van der Waals surface area (Å²) in [5, 5.41) is 20.5. The molecule has 0 saturated carbocycles. The van der Waals surface area contributed by atoms with E-state index in [2.05, 4.69) is 30.6 Å². The zero-order valence-electron chi connectivity index (χ0n) is 16.2. The van der Waals surface area contributed by atoms with Gasteiger partial charge >= 0.3 is 0 Å². The van der Waals surface area contributed by atoms with Crippen LogP contribution in [0.4, 0.5) is 11.6 Å². The van der Waals surface area contributed by atoms with E-state index in [9.17, 15) is 0 Å². The van der Waals surface area contributed by atoms with E-state index in [-0.39, 0.29) is 0 Å². The molecule has 4 aromatic rings. The zero-order chi connectivity index (χ0) is 19.9. The standard InChI is InChI=1S/C23H22N6/c1-29(23-15-13-21(26-28-23)19-10-6-3-7-11-19)17-16-24-22-14-12-20(25-27-22)18-8-4-2-5-9-18/h2-15H,16-17H2,1H3,(H,24,27). The number of hydrogen-bond acceptors (Lipinski definition) is 6. The second-order valence-electron chi connectivity index (χ2n) is 6.66. The maximum absolute atomic E-state index is 4.35. The van der Waals surface area contributed by atoms with E-state index in [4.69, 9.17) is 0 Å². The van der Waals surface area contributed by atoms with E-state index >= 15 is 0 Å². The summed E-state index contributed by atoms with van der Waals surface area (Å²) in [4.78, 5) is 2.06. The van der Waals surface area contributed by atoms with Gasteiger partial charge in [-0.05, 0) is 24.3 Å². The molecule has 4 rings (SSSR count). The summed E-state index contributed by atoms with van der Waals surface area (Å²) in [5.74, 6) is 1.58. The molecule has 0 unspecified atom stereocenters. The molecule has 144 valence electrons. The average Bonchev–Trinajstić information content (AvgIpc) is 2.81. The molecule has 0 spiro atoms. The van der Waals surface area contributed by atoms with Crippen LogP contribution in [0.2, 0.25) is 0 Å². The van der Waals surface area contributed by atoms with Gasteiger partial charge in [0.25, 0.3) is 0 Å². The highest BCUT2D eigenvalue weighted by atomic mass is 15.3. The van der Waals surface area contributed by atoms with Gasteiger partial charge in [-0.15, -0.1) is 20.4 Å². The fourth-order valence-electron chi connectivity index (χ4n) is 2.95. The maximum Gasteiger partial charge on any atom is 0.151 e. The lowest BCUT2D eigenvalue weighted by Gasteiger charge is -2.18. The summed E-state index contributed by atoms with van der Waals surface area (Å²) in [6.45, 7) is 1.49. The first kappa shape index (κ1) is 18.6. The van der Waals surface area contributed by atoms with Crippen LogP contribution in [-0.2, 0) is 0 Å². The Morgan fingerprint density at radius 2 is 1.24 bits per heavy atom. The molecular weight excluding hydrogens is 360 g/mol. The molecule has 0 aliphatic carbocycles. The smallest absolute Gasteiger partial charge is 0.151 e. The average molecular weight is 382 g/mol. The quantitative estimate of drug-likeness (QED) is 0.518. The Bertz CT molecular complexity index is 1020. The molecule has 29 heavy (non-hydrogen) atoms. The lowest BCUT2D eigenvalue weighted by molar-refractivity contribution is 0.862. The number of nitrogens with zero attached hydrogens (tertiary/aromatic N) is 5. The third-order valence-corrected chi connectivity index (χ3v) is 4.60. The molecule has 0 amide bonds. The van der Waals surface area contributed by atoms with Gasteiger partial charge in [0.2, 0.25) is 0 Å². The second kappa shape index (κ2) is 8.93. The number of rotatable bonds is 7. The van der Waals surface area contributed by atoms with Gasteiger partial charge in [-0.25, -0.2) is 0 Å². The lowest BCUT2D eigenvalue weighted by atomic mass is 10.1. The van der Waals surface area contributed by atoms with Crippen molar-refractivity contribution in [3.05, 3.63) is 84.9 Å². The van der Waals surface area contributed by atoms with Gasteiger partial charge in [0.1, 0.15) is 5.82 Å². The van der Waals surface area contributed by atoms with Crippen molar-refractivity contribution in [2.24, 2.45) is 0 Å². The molecule has 2 heterocycles. The second-order valence-corrected chi connectivity index (χ2v) is 6.66. The van der Waals surface area contributed by atoms with Crippen molar-refractivity contribution in [3.63, 3.8) is 0 Å². The van der Waals surface area contributed by atoms with Crippen molar-refractivity contribution in [1.29, 1.82) is 0 Å². The van der Waals surface area contributed by atoms with Crippen molar-refractivity contribution < 1.29 is 0 Å². The molecule has 0 atom stereocenters. The predicted molar refractivity (Wildman–Crippen MR) is 117 cm³/mol. The van der Waals surface area contributed by atoms with Gasteiger partial charge in [-0.1, -0.05) is 60.7 Å². The van der Waals surface area contributed by atoms with Crippen LogP contribution < -0.4 is 10.2 Å². The fraction of sp³-hybridized carbons (Fsp3) is 0.130. The molecule has 6 heteroatoms. The highest BCUT2D eigenvalue weighted by molar-refractivity contribution is 5.60. The molecular formula is C23H22N6. The van der Waals surface area contributed by atoms with Gasteiger partial charge in [0, 0.05) is 31.3 Å². The number of aromatic nitrogens is 4. The van der Waals surface area contributed by atoms with Crippen LogP contribution in [0.5, 0.6) is 0 Å². The first-order valence-corrected chi connectivity index (χ1v) is 9.53. The van der Waals surface area contributed by atoms with Gasteiger partial charge in [0.15, 0.2) is 5.82 Å². The van der Waals surface area contributed by atoms with Crippen LogP contribution in [0.15, 0.2) is 84.9 Å². The molecule has 2 aromatic heterocycles. The number of anilines is 2. The maximum atomic E-state index is 4.35. The molecule has 6 nitrogen and oxygen atoms in total. The van der Waals surface area contributed by atoms with Crippen molar-refractivity contribution in [1.82, 2.24) is 20.4 Å². The Morgan fingerprint density at radius 3 is 1.76 bits per heavy atom. The predicted octanol–water partition coefficient (Wildman–Crippen LogP) is 4.15. The largest absolute Gasteiger partial charge is 0.367 e. The van der Waals surface area contributed by atoms with E-state index in [1.807, 2.05) is 92.0 Å². The summed E-state index contributed by atoms with van der Waals surface area (Å²) < 4.78 is 0. The molecule has 0 aliphatic rings. The van der Waals surface area contributed by atoms with Crippen molar-refractivity contribution in [3.8, 4) is 22.5 Å². The zero-order valence-corrected chi connectivity index (χ0v) is 16.2. The van der Waals surface area contributed by atoms with E-state index in [0.717, 1.165) is 47.2 Å². The topological polar surface area (TPSA) is 66.8 Å². The minimum absolute atomic E-state index is 0.720. The Morgan fingerprint density at radius 1 is 0.655 bits per heavy atom. The number of benzene rings is 2. The number of nitrogens with one attached hydrogen (secondary N) is 1. The third-order valence-electron chi connectivity index (χ3n) is 4.60. The van der Waals surface area contributed by atoms with Crippen LogP contribution in [-0.4, -0.2) is 40.5 Å². The lowest BCUT2D eigenvalue weighted by Crippen LogP contribution is -2.26. The summed E-state index contributed by atoms with van der Waals surface area (Å²) in [7, 11) is 2.00. The Kier molecular flexibility index (Phi) is 5.71. The van der Waals surface area contributed by atoms with Gasteiger partial charge < -0.3 is 10.2 Å². The molecule has 0 aliphatic heterocycles. The molecule has 0 fully saturated rings. The van der Waals surface area contributed by atoms with Crippen LogP contribution >= 0.6 is 0 Å². The summed E-state index contributed by atoms with van der Waals surface area (Å²) >= 11 is 0. The van der Waals surface area contributed by atoms with E-state index in [1.54, 1.807) is 0 Å². The number of hydrogen-bond donors (Lipinski definition) is 1. The van der Waals surface area contributed by atoms with Crippen LogP contribution in [0.1, 0.15) is 0 Å². The Hall–Kier alpha value is -3.80. The monoisotopic (exact) mass is 382 g/mol. The van der Waals surface area contributed by atoms with Gasteiger partial charge in [-0.3, -0.25) is 0 Å². The SMILES string of the molecule is CN(CCNc1ccc(-c2ccccc2)nn1)c1ccc(-c2ccccc2)nn1. The highest BCUT2D eigenvalue weighted by Gasteiger charge is 2.06. The third kappa shape index (κ3) is 4.73. The Balaban J connectivity index is 1.30. The van der Waals surface area contributed by atoms with Gasteiger partial charge in [-0.2, -0.15) is 0 Å². The van der Waals surface area contributed by atoms with Gasteiger partial charge in [0.05, 0.1) is 11.4 Å². The van der Waals surface area contributed by atoms with Crippen LogP contribution in [0.3, 0.4) is 0 Å². The van der Waals surface area contributed by atoms with Crippen molar-refractivity contribution >= 4 is 11.6 Å². The molecule has 0 bridgehead atoms. The number of likely N-dealkylation sites (N-methyl/N-ethyl adjacent to an activating group) is 1. The first-order valence-electron chi connectivity index (χ1n) is 9.53. The van der Waals surface area contributed by atoms with Crippen molar-refractivity contribution in [2.45, 2.75) is 0 Å². The van der Waals surface area contributed by atoms with Crippen LogP contribution in [0.25, 0.3) is 22.5 Å². The minimum atomic E-state index is 0.720. The van der Waals surface area contributed by atoms with E-state index < -0.39 is 0 Å². The van der Waals surface area contributed by atoms with Crippen LogP contribution in [0, 0.1) is 0 Å². The van der Waals surface area contributed by atoms with Crippen molar-refractivity contribution in [2.75, 3.05) is 30.4 Å². The highest BCUT2D eigenvalue weighted by Crippen LogP contribution is 2.18. The molecule has 2 aromatic carbocycles. The molecule has 0 radical (unpaired) electrons. The fourth-order valence-corrected chi connectivity index (χ4v) is 2.95. The summed E-state index contributed by atoms with van der Waals surface area (Å²) in [5.41, 5.74) is 3.86. The normalized spacial score (nSPS) is 10.5. The summed E-state index contributed by atoms with van der Waals surface area (Å²) in [6.07, 6.45) is 0. The Labute approximate surface area is 170 Å². The summed E-state index contributed by atoms with van der Waals surface area (Å²) in [6, 6.07) is 28.0. The van der Waals surface area contributed by atoms with E-state index in [1.165, 1.54) is 0 Å². The molecule has 0 saturated heterocycles. The van der Waals surface area contributed by atoms with E-state index in [0.29, 0.717) is 0 Å².